The van der Waals surface area contributed by atoms with E-state index in [-0.39, 0.29) is 6.61 Å². The number of rotatable bonds is 8. The minimum absolute atomic E-state index is 0.0203. The molecule has 33 heavy (non-hydrogen) atoms. The van der Waals surface area contributed by atoms with Crippen molar-refractivity contribution >= 4 is 23.2 Å². The highest BCUT2D eigenvalue weighted by Crippen LogP contribution is 2.27. The van der Waals surface area contributed by atoms with Crippen molar-refractivity contribution in [1.82, 2.24) is 0 Å². The fourth-order valence-corrected chi connectivity index (χ4v) is 3.51. The molecule has 0 spiro atoms. The van der Waals surface area contributed by atoms with Gasteiger partial charge in [0.1, 0.15) is 5.75 Å². The number of benzene rings is 4. The second kappa shape index (κ2) is 10.9. The molecule has 0 radical (unpaired) electrons. The lowest BCUT2D eigenvalue weighted by Gasteiger charge is -2.19. The van der Waals surface area contributed by atoms with Crippen molar-refractivity contribution in [1.29, 1.82) is 0 Å². The van der Waals surface area contributed by atoms with Gasteiger partial charge in [-0.15, -0.1) is 0 Å². The van der Waals surface area contributed by atoms with E-state index in [9.17, 15) is 5.11 Å². The zero-order chi connectivity index (χ0) is 22.9. The summed E-state index contributed by atoms with van der Waals surface area (Å²) in [4.78, 5) is 0. The summed E-state index contributed by atoms with van der Waals surface area (Å²) in [5, 5.41) is 16.1. The molecule has 4 aromatic rings. The Morgan fingerprint density at radius 2 is 1.27 bits per heavy atom. The molecule has 0 aromatic heterocycles. The van der Waals surface area contributed by atoms with Gasteiger partial charge in [-0.05, 0) is 64.7 Å². The molecule has 4 rings (SSSR count). The van der Waals surface area contributed by atoms with E-state index >= 15 is 0 Å². The zero-order valence-electron chi connectivity index (χ0n) is 18.5. The van der Waals surface area contributed by atoms with Crippen LogP contribution < -0.4 is 9.75 Å². The Hall–Kier alpha value is -4.15. The van der Waals surface area contributed by atoms with Gasteiger partial charge in [0, 0.05) is 6.21 Å². The number of hydrogen-bond donors (Lipinski definition) is 1. The van der Waals surface area contributed by atoms with Crippen molar-refractivity contribution in [3.8, 4) is 5.75 Å². The van der Waals surface area contributed by atoms with E-state index in [1.807, 2.05) is 126 Å². The second-order valence-corrected chi connectivity index (χ2v) is 7.41. The predicted octanol–water partition coefficient (Wildman–Crippen LogP) is 6.44. The summed E-state index contributed by atoms with van der Waals surface area (Å²) in [6, 6.07) is 36.0. The molecule has 0 saturated carbocycles. The minimum atomic E-state index is 0.0203. The first-order valence-corrected chi connectivity index (χ1v) is 10.8. The standard InChI is InChI=1S/C29H26N2O2/c1-33-28-18-16-25(17-19-28)29(24-14-12-23(22-32)13-15-24)20-21-30-31(26-8-4-2-5-9-26)27-10-6-3-7-11-27/h2-21,32H,22H2,1H3/b29-20+,30-21+. The topological polar surface area (TPSA) is 45.1 Å². The molecule has 0 fully saturated rings. The van der Waals surface area contributed by atoms with Crippen molar-refractivity contribution in [2.24, 2.45) is 5.10 Å². The van der Waals surface area contributed by atoms with Crippen molar-refractivity contribution < 1.29 is 9.84 Å². The van der Waals surface area contributed by atoms with Gasteiger partial charge in [-0.2, -0.15) is 5.10 Å². The van der Waals surface area contributed by atoms with Crippen molar-refractivity contribution in [2.45, 2.75) is 6.61 Å². The Morgan fingerprint density at radius 3 is 1.76 bits per heavy atom. The smallest absolute Gasteiger partial charge is 0.118 e. The summed E-state index contributed by atoms with van der Waals surface area (Å²) in [5.74, 6) is 0.807. The van der Waals surface area contributed by atoms with Crippen molar-refractivity contribution in [3.05, 3.63) is 132 Å². The third kappa shape index (κ3) is 5.56. The van der Waals surface area contributed by atoms with Gasteiger partial charge in [0.2, 0.25) is 0 Å². The largest absolute Gasteiger partial charge is 0.497 e. The van der Waals surface area contributed by atoms with E-state index in [1.165, 1.54) is 0 Å². The first-order chi connectivity index (χ1) is 16.3. The lowest BCUT2D eigenvalue weighted by atomic mass is 9.97. The Morgan fingerprint density at radius 1 is 0.758 bits per heavy atom. The molecule has 0 aliphatic carbocycles. The van der Waals surface area contributed by atoms with Crippen molar-refractivity contribution in [2.75, 3.05) is 12.1 Å². The van der Waals surface area contributed by atoms with E-state index in [1.54, 1.807) is 7.11 Å². The Kier molecular flexibility index (Phi) is 7.31. The Bertz CT molecular complexity index is 1110. The van der Waals surface area contributed by atoms with Gasteiger partial charge in [0.25, 0.3) is 0 Å². The third-order valence-electron chi connectivity index (χ3n) is 5.27. The summed E-state index contributed by atoms with van der Waals surface area (Å²) in [6.07, 6.45) is 3.83. The highest BCUT2D eigenvalue weighted by Gasteiger charge is 2.08. The number of anilines is 2. The average Bonchev–Trinajstić information content (AvgIpc) is 2.90. The number of allylic oxidation sites excluding steroid dienone is 1. The number of hydrogen-bond acceptors (Lipinski definition) is 4. The molecule has 0 saturated heterocycles. The normalized spacial score (nSPS) is 11.5. The molecule has 0 unspecified atom stereocenters. The molecule has 0 atom stereocenters. The molecule has 0 amide bonds. The van der Waals surface area contributed by atoms with Crippen LogP contribution in [0.15, 0.2) is 120 Å². The maximum Gasteiger partial charge on any atom is 0.118 e. The number of nitrogens with zero attached hydrogens (tertiary/aromatic N) is 2. The van der Waals surface area contributed by atoms with Gasteiger partial charge in [-0.25, -0.2) is 5.01 Å². The van der Waals surface area contributed by atoms with Gasteiger partial charge in [-0.1, -0.05) is 72.8 Å². The lowest BCUT2D eigenvalue weighted by molar-refractivity contribution is 0.282. The van der Waals surface area contributed by atoms with Gasteiger partial charge < -0.3 is 9.84 Å². The summed E-state index contributed by atoms with van der Waals surface area (Å²) < 4.78 is 5.32. The fraction of sp³-hybridized carbons (Fsp3) is 0.0690. The molecule has 1 N–H and O–H groups in total. The van der Waals surface area contributed by atoms with Crippen LogP contribution in [0, 0.1) is 0 Å². The van der Waals surface area contributed by atoms with E-state index < -0.39 is 0 Å². The van der Waals surface area contributed by atoms with Crippen LogP contribution >= 0.6 is 0 Å². The lowest BCUT2D eigenvalue weighted by Crippen LogP contribution is -2.08. The Balaban J connectivity index is 1.73. The van der Waals surface area contributed by atoms with E-state index in [0.29, 0.717) is 0 Å². The highest BCUT2D eigenvalue weighted by molar-refractivity contribution is 5.92. The number of aliphatic hydroxyl groups excluding tert-OH is 1. The summed E-state index contributed by atoms with van der Waals surface area (Å²) in [7, 11) is 1.66. The minimum Gasteiger partial charge on any atom is -0.497 e. The Labute approximate surface area is 194 Å². The number of aliphatic hydroxyl groups is 1. The van der Waals surface area contributed by atoms with E-state index in [0.717, 1.165) is 39.4 Å². The number of hydrazone groups is 1. The van der Waals surface area contributed by atoms with Crippen LogP contribution in [0.3, 0.4) is 0 Å². The summed E-state index contributed by atoms with van der Waals surface area (Å²) in [6.45, 7) is 0.0203. The monoisotopic (exact) mass is 434 g/mol. The van der Waals surface area contributed by atoms with Crippen LogP contribution in [-0.4, -0.2) is 18.4 Å². The van der Waals surface area contributed by atoms with Crippen LogP contribution in [-0.2, 0) is 6.61 Å². The van der Waals surface area contributed by atoms with Crippen LogP contribution in [0.5, 0.6) is 5.75 Å². The predicted molar refractivity (Wildman–Crippen MR) is 136 cm³/mol. The maximum absolute atomic E-state index is 9.41. The van der Waals surface area contributed by atoms with Crippen LogP contribution in [0.25, 0.3) is 5.57 Å². The van der Waals surface area contributed by atoms with E-state index in [4.69, 9.17) is 9.84 Å². The van der Waals surface area contributed by atoms with Crippen molar-refractivity contribution in [3.63, 3.8) is 0 Å². The molecule has 164 valence electrons. The second-order valence-electron chi connectivity index (χ2n) is 7.41. The maximum atomic E-state index is 9.41. The van der Waals surface area contributed by atoms with E-state index in [2.05, 4.69) is 0 Å². The molecule has 0 aliphatic rings. The van der Waals surface area contributed by atoms with Crippen LogP contribution in [0.1, 0.15) is 16.7 Å². The zero-order valence-corrected chi connectivity index (χ0v) is 18.5. The van der Waals surface area contributed by atoms with Gasteiger partial charge in [0.05, 0.1) is 25.1 Å². The molecule has 0 bridgehead atoms. The highest BCUT2D eigenvalue weighted by atomic mass is 16.5. The van der Waals surface area contributed by atoms with Crippen LogP contribution in [0.4, 0.5) is 11.4 Å². The molecular weight excluding hydrogens is 408 g/mol. The molecule has 4 nitrogen and oxygen atoms in total. The molecule has 4 aromatic carbocycles. The summed E-state index contributed by atoms with van der Waals surface area (Å²) in [5.41, 5.74) is 5.94. The SMILES string of the molecule is COc1ccc(/C(=C/C=N/N(c2ccccc2)c2ccccc2)c2ccc(CO)cc2)cc1. The van der Waals surface area contributed by atoms with Gasteiger partial charge in [0.15, 0.2) is 0 Å². The molecule has 0 heterocycles. The first-order valence-electron chi connectivity index (χ1n) is 10.8. The molecular formula is C29H26N2O2. The summed E-state index contributed by atoms with van der Waals surface area (Å²) >= 11 is 0. The quantitative estimate of drug-likeness (QED) is 0.256. The number of ether oxygens (including phenoxy) is 1. The third-order valence-corrected chi connectivity index (χ3v) is 5.27. The molecule has 4 heteroatoms. The van der Waals surface area contributed by atoms with Gasteiger partial charge in [-0.3, -0.25) is 0 Å². The molecule has 0 aliphatic heterocycles. The average molecular weight is 435 g/mol. The van der Waals surface area contributed by atoms with Gasteiger partial charge >= 0.3 is 0 Å². The fourth-order valence-electron chi connectivity index (χ4n) is 3.51. The number of methoxy groups -OCH3 is 1. The first kappa shape index (κ1) is 22.1. The number of para-hydroxylation sites is 2. The van der Waals surface area contributed by atoms with Crippen LogP contribution in [0.2, 0.25) is 0 Å².